The minimum atomic E-state index is -4.47. The normalized spacial score (nSPS) is 18.3. The van der Waals surface area contributed by atoms with Crippen LogP contribution in [0.2, 0.25) is 0 Å². The molecule has 0 unspecified atom stereocenters. The van der Waals surface area contributed by atoms with Crippen LogP contribution < -0.4 is 15.4 Å². The number of carbonyl (C=O) groups is 2. The lowest BCUT2D eigenvalue weighted by atomic mass is 9.89. The second kappa shape index (κ2) is 10.1. The highest BCUT2D eigenvalue weighted by Crippen LogP contribution is 2.43. The molecular formula is C26H27F3N6O5S. The molecule has 2 aliphatic rings. The van der Waals surface area contributed by atoms with Crippen molar-refractivity contribution < 1.29 is 35.9 Å². The zero-order valence-corrected chi connectivity index (χ0v) is 23.2. The number of rotatable bonds is 7. The third-order valence-electron chi connectivity index (χ3n) is 7.04. The van der Waals surface area contributed by atoms with Crippen molar-refractivity contribution in [3.63, 3.8) is 0 Å². The molecule has 3 heterocycles. The predicted octanol–water partition coefficient (Wildman–Crippen LogP) is 2.61. The van der Waals surface area contributed by atoms with Crippen LogP contribution in [0, 0.1) is 6.92 Å². The van der Waals surface area contributed by atoms with E-state index in [0.29, 0.717) is 18.5 Å². The highest BCUT2D eigenvalue weighted by atomic mass is 32.2. The first-order valence-corrected chi connectivity index (χ1v) is 14.2. The van der Waals surface area contributed by atoms with Crippen molar-refractivity contribution in [3.05, 3.63) is 58.9 Å². The van der Waals surface area contributed by atoms with Gasteiger partial charge in [0, 0.05) is 20.3 Å². The number of hydrogen-bond acceptors (Lipinski definition) is 7. The lowest BCUT2D eigenvalue weighted by molar-refractivity contribution is -0.153. The number of ether oxygens (including phenoxy) is 1. The number of benzene rings is 1. The van der Waals surface area contributed by atoms with Gasteiger partial charge in [0.25, 0.3) is 5.91 Å². The molecule has 2 amide bonds. The highest BCUT2D eigenvalue weighted by molar-refractivity contribution is 7.89. The molecule has 0 saturated heterocycles. The summed E-state index contributed by atoms with van der Waals surface area (Å²) in [7, 11) is -1.26. The number of carbonyl (C=O) groups excluding carboxylic acids is 2. The van der Waals surface area contributed by atoms with E-state index in [1.54, 1.807) is 30.5 Å². The Morgan fingerprint density at radius 2 is 2.00 bits per heavy atom. The largest absolute Gasteiger partial charge is 0.484 e. The van der Waals surface area contributed by atoms with Gasteiger partial charge in [0.1, 0.15) is 22.9 Å². The predicted molar refractivity (Wildman–Crippen MR) is 142 cm³/mol. The van der Waals surface area contributed by atoms with E-state index in [-0.39, 0.29) is 29.4 Å². The Labute approximate surface area is 233 Å². The van der Waals surface area contributed by atoms with Gasteiger partial charge in [-0.15, -0.1) is 0 Å². The van der Waals surface area contributed by atoms with Gasteiger partial charge in [-0.25, -0.2) is 12.7 Å². The van der Waals surface area contributed by atoms with Crippen LogP contribution in [0.25, 0.3) is 11.4 Å². The monoisotopic (exact) mass is 592 g/mol. The molecule has 1 aromatic carbocycles. The molecule has 1 aliphatic heterocycles. The van der Waals surface area contributed by atoms with Gasteiger partial charge in [0.15, 0.2) is 12.3 Å². The Balaban J connectivity index is 1.51. The number of fused-ring (bicyclic) bond motifs is 3. The molecule has 0 radical (unpaired) electrons. The lowest BCUT2D eigenvalue weighted by Crippen LogP contribution is -2.52. The molecule has 2 N–H and O–H groups in total. The average Bonchev–Trinajstić information content (AvgIpc) is 3.40. The third kappa shape index (κ3) is 5.63. The van der Waals surface area contributed by atoms with Gasteiger partial charge in [-0.3, -0.25) is 19.3 Å². The average molecular weight is 593 g/mol. The molecule has 15 heteroatoms. The summed E-state index contributed by atoms with van der Waals surface area (Å²) in [5, 5.41) is 10.2. The zero-order chi connectivity index (χ0) is 29.7. The highest BCUT2D eigenvalue weighted by Gasteiger charge is 2.46. The minimum Gasteiger partial charge on any atom is -0.484 e. The molecule has 0 fully saturated rings. The van der Waals surface area contributed by atoms with E-state index in [0.717, 1.165) is 21.0 Å². The molecule has 0 saturated carbocycles. The summed E-state index contributed by atoms with van der Waals surface area (Å²) in [4.78, 5) is 30.8. The summed E-state index contributed by atoms with van der Waals surface area (Å²) in [5.41, 5.74) is 2.05. The fourth-order valence-electron chi connectivity index (χ4n) is 5.03. The number of anilines is 1. The standard InChI is InChI=1S/C26H27F3N6O5S/c1-15-4-7-19(30-11-15)21-22(31-20(36)12-41(38,39)34(2)3)23-24(37)32-25(13-35(23)33-21)9-8-16-10-17(5-6-18(16)25)40-14-26(27,28)29/h4-7,10-11H,8-9,12-14H2,1-3H3,(H,31,36)(H,32,37)/t25-/m0/s1. The van der Waals surface area contributed by atoms with Crippen LogP contribution in [-0.2, 0) is 33.3 Å². The van der Waals surface area contributed by atoms with Gasteiger partial charge in [-0.2, -0.15) is 18.3 Å². The second-order valence-electron chi connectivity index (χ2n) is 10.3. The lowest BCUT2D eigenvalue weighted by Gasteiger charge is -2.36. The van der Waals surface area contributed by atoms with Crippen LogP contribution in [0.4, 0.5) is 18.9 Å². The number of hydrogen-bond donors (Lipinski definition) is 2. The van der Waals surface area contributed by atoms with Crippen molar-refractivity contribution in [1.29, 1.82) is 0 Å². The smallest absolute Gasteiger partial charge is 0.422 e. The molecule has 11 nitrogen and oxygen atoms in total. The maximum atomic E-state index is 13.6. The van der Waals surface area contributed by atoms with E-state index >= 15 is 0 Å². The summed E-state index contributed by atoms with van der Waals surface area (Å²) >= 11 is 0. The Hall–Kier alpha value is -3.98. The van der Waals surface area contributed by atoms with Gasteiger partial charge in [-0.1, -0.05) is 12.1 Å². The number of amides is 2. The maximum absolute atomic E-state index is 13.6. The first-order valence-electron chi connectivity index (χ1n) is 12.6. The van der Waals surface area contributed by atoms with E-state index in [9.17, 15) is 31.2 Å². The fourth-order valence-corrected chi connectivity index (χ4v) is 5.69. The Morgan fingerprint density at radius 1 is 1.24 bits per heavy atom. The van der Waals surface area contributed by atoms with E-state index in [1.165, 1.54) is 24.8 Å². The van der Waals surface area contributed by atoms with Crippen LogP contribution in [0.3, 0.4) is 0 Å². The molecule has 0 bridgehead atoms. The number of aromatic nitrogens is 3. The number of halogens is 3. The molecule has 1 atom stereocenters. The zero-order valence-electron chi connectivity index (χ0n) is 22.4. The summed E-state index contributed by atoms with van der Waals surface area (Å²) in [6, 6.07) is 8.08. The number of nitrogens with one attached hydrogen (secondary N) is 2. The van der Waals surface area contributed by atoms with Crippen molar-refractivity contribution in [3.8, 4) is 17.1 Å². The molecule has 1 aliphatic carbocycles. The minimum absolute atomic E-state index is 0.0294. The van der Waals surface area contributed by atoms with E-state index in [4.69, 9.17) is 4.74 Å². The van der Waals surface area contributed by atoms with E-state index in [1.807, 2.05) is 6.92 Å². The molecule has 41 heavy (non-hydrogen) atoms. The summed E-state index contributed by atoms with van der Waals surface area (Å²) < 4.78 is 69.7. The van der Waals surface area contributed by atoms with Gasteiger partial charge in [0.2, 0.25) is 15.9 Å². The first-order chi connectivity index (χ1) is 19.2. The summed E-state index contributed by atoms with van der Waals surface area (Å²) in [5.74, 6) is -2.18. The van der Waals surface area contributed by atoms with Crippen LogP contribution in [0.5, 0.6) is 5.75 Å². The number of alkyl halides is 3. The summed E-state index contributed by atoms with van der Waals surface area (Å²) in [6.45, 7) is 0.594. The number of pyridine rings is 1. The van der Waals surface area contributed by atoms with Crippen LogP contribution in [-0.4, -0.2) is 71.9 Å². The SMILES string of the molecule is Cc1ccc(-c2nn3c(c2NC(=O)CS(=O)(=O)N(C)C)C(=O)N[C@@]2(CCc4cc(OCC(F)(F)F)ccc42)C3)nc1. The number of nitrogens with zero attached hydrogens (tertiary/aromatic N) is 4. The third-order valence-corrected chi connectivity index (χ3v) is 8.78. The van der Waals surface area contributed by atoms with Crippen LogP contribution >= 0.6 is 0 Å². The van der Waals surface area contributed by atoms with Crippen molar-refractivity contribution >= 4 is 27.5 Å². The van der Waals surface area contributed by atoms with Gasteiger partial charge < -0.3 is 15.4 Å². The van der Waals surface area contributed by atoms with Crippen molar-refractivity contribution in [2.45, 2.75) is 38.0 Å². The number of sulfonamides is 1. The molecule has 3 aromatic rings. The van der Waals surface area contributed by atoms with E-state index < -0.39 is 45.9 Å². The molecule has 218 valence electrons. The Morgan fingerprint density at radius 3 is 2.66 bits per heavy atom. The van der Waals surface area contributed by atoms with Crippen molar-refractivity contribution in [2.24, 2.45) is 0 Å². The van der Waals surface area contributed by atoms with Crippen molar-refractivity contribution in [1.82, 2.24) is 24.4 Å². The second-order valence-corrected chi connectivity index (χ2v) is 12.5. The van der Waals surface area contributed by atoms with E-state index in [2.05, 4.69) is 20.7 Å². The molecular weight excluding hydrogens is 565 g/mol. The van der Waals surface area contributed by atoms with Crippen LogP contribution in [0.15, 0.2) is 36.5 Å². The van der Waals surface area contributed by atoms with Crippen molar-refractivity contribution in [2.75, 3.05) is 31.8 Å². The van der Waals surface area contributed by atoms with Gasteiger partial charge >= 0.3 is 6.18 Å². The maximum Gasteiger partial charge on any atom is 0.422 e. The molecule has 1 spiro atoms. The first kappa shape index (κ1) is 28.5. The van der Waals surface area contributed by atoms with Gasteiger partial charge in [-0.05, 0) is 54.7 Å². The topological polar surface area (TPSA) is 136 Å². The Bertz CT molecular complexity index is 1640. The summed E-state index contributed by atoms with van der Waals surface area (Å²) in [6.07, 6.45) is -1.93. The fraction of sp³-hybridized carbons (Fsp3) is 0.385. The molecule has 5 rings (SSSR count). The quantitative estimate of drug-likeness (QED) is 0.431. The molecule has 2 aromatic heterocycles. The number of aryl methyl sites for hydroxylation is 2. The Kier molecular flexibility index (Phi) is 7.06. The van der Waals surface area contributed by atoms with Gasteiger partial charge in [0.05, 0.1) is 17.8 Å². The van der Waals surface area contributed by atoms with Crippen LogP contribution in [0.1, 0.15) is 33.6 Å².